The van der Waals surface area contributed by atoms with Crippen LogP contribution in [0.2, 0.25) is 5.02 Å². The minimum atomic E-state index is -0.466. The van der Waals surface area contributed by atoms with Crippen LogP contribution in [0.5, 0.6) is 5.75 Å². The quantitative estimate of drug-likeness (QED) is 0.722. The largest absolute Gasteiger partial charge is 0.492 e. The summed E-state index contributed by atoms with van der Waals surface area (Å²) in [5.41, 5.74) is 0.646. The van der Waals surface area contributed by atoms with E-state index in [-0.39, 0.29) is 12.0 Å². The SMILES string of the molecule is CC(C)(C)OC(=O)N1C[C@@H]2CCOc3c(Cl)cccc3[C@H]2C1. The molecule has 1 aromatic rings. The van der Waals surface area contributed by atoms with Crippen LogP contribution in [0.25, 0.3) is 0 Å². The van der Waals surface area contributed by atoms with Gasteiger partial charge in [0, 0.05) is 24.6 Å². The van der Waals surface area contributed by atoms with E-state index in [1.54, 1.807) is 0 Å². The van der Waals surface area contributed by atoms with Crippen LogP contribution < -0.4 is 4.74 Å². The van der Waals surface area contributed by atoms with Crippen molar-refractivity contribution in [3.8, 4) is 5.75 Å². The monoisotopic (exact) mass is 323 g/mol. The van der Waals surface area contributed by atoms with Gasteiger partial charge in [0.05, 0.1) is 11.6 Å². The van der Waals surface area contributed by atoms with Gasteiger partial charge in [-0.15, -0.1) is 0 Å². The van der Waals surface area contributed by atoms with Gasteiger partial charge in [-0.3, -0.25) is 0 Å². The molecule has 5 heteroatoms. The maximum atomic E-state index is 12.3. The number of amides is 1. The third kappa shape index (κ3) is 3.02. The van der Waals surface area contributed by atoms with E-state index in [0.29, 0.717) is 24.1 Å². The van der Waals surface area contributed by atoms with Crippen LogP contribution in [0.15, 0.2) is 18.2 Å². The number of benzene rings is 1. The van der Waals surface area contributed by atoms with Crippen LogP contribution in [-0.2, 0) is 4.74 Å². The third-order valence-corrected chi connectivity index (χ3v) is 4.52. The molecule has 1 amide bonds. The van der Waals surface area contributed by atoms with Gasteiger partial charge in [0.2, 0.25) is 0 Å². The number of ether oxygens (including phenoxy) is 2. The maximum absolute atomic E-state index is 12.3. The number of carbonyl (C=O) groups is 1. The van der Waals surface area contributed by atoms with Crippen molar-refractivity contribution in [3.63, 3.8) is 0 Å². The fraction of sp³-hybridized carbons (Fsp3) is 0.588. The summed E-state index contributed by atoms with van der Waals surface area (Å²) in [4.78, 5) is 14.1. The van der Waals surface area contributed by atoms with E-state index in [0.717, 1.165) is 24.3 Å². The molecule has 0 aliphatic carbocycles. The van der Waals surface area contributed by atoms with Crippen molar-refractivity contribution >= 4 is 17.7 Å². The maximum Gasteiger partial charge on any atom is 0.410 e. The van der Waals surface area contributed by atoms with Crippen LogP contribution >= 0.6 is 11.6 Å². The van der Waals surface area contributed by atoms with E-state index in [4.69, 9.17) is 21.1 Å². The molecule has 2 aliphatic rings. The number of nitrogens with zero attached hydrogens (tertiary/aromatic N) is 1. The number of carbonyl (C=O) groups excluding carboxylic acids is 1. The van der Waals surface area contributed by atoms with Crippen molar-refractivity contribution in [2.45, 2.75) is 38.7 Å². The molecule has 2 aliphatic heterocycles. The molecule has 4 nitrogen and oxygen atoms in total. The topological polar surface area (TPSA) is 38.8 Å². The zero-order valence-corrected chi connectivity index (χ0v) is 14.0. The van der Waals surface area contributed by atoms with Crippen LogP contribution in [-0.4, -0.2) is 36.3 Å². The second-order valence-electron chi connectivity index (χ2n) is 7.05. The lowest BCUT2D eigenvalue weighted by molar-refractivity contribution is 0.0284. The van der Waals surface area contributed by atoms with Crippen molar-refractivity contribution in [1.29, 1.82) is 0 Å². The smallest absolute Gasteiger partial charge is 0.410 e. The summed E-state index contributed by atoms with van der Waals surface area (Å²) >= 11 is 6.26. The predicted molar refractivity (Wildman–Crippen MR) is 85.6 cm³/mol. The Kier molecular flexibility index (Phi) is 3.98. The van der Waals surface area contributed by atoms with Crippen LogP contribution in [0.4, 0.5) is 4.79 Å². The molecular weight excluding hydrogens is 302 g/mol. The molecule has 0 aromatic heterocycles. The van der Waals surface area contributed by atoms with Gasteiger partial charge in [-0.1, -0.05) is 23.7 Å². The van der Waals surface area contributed by atoms with E-state index in [1.165, 1.54) is 0 Å². The van der Waals surface area contributed by atoms with E-state index in [9.17, 15) is 4.79 Å². The molecule has 22 heavy (non-hydrogen) atoms. The number of likely N-dealkylation sites (tertiary alicyclic amines) is 1. The number of hydrogen-bond donors (Lipinski definition) is 0. The summed E-state index contributed by atoms with van der Waals surface area (Å²) in [7, 11) is 0. The second kappa shape index (κ2) is 5.65. The molecule has 0 saturated carbocycles. The molecule has 2 atom stereocenters. The molecule has 0 spiro atoms. The first-order valence-electron chi connectivity index (χ1n) is 7.74. The van der Waals surface area contributed by atoms with Crippen molar-refractivity contribution < 1.29 is 14.3 Å². The van der Waals surface area contributed by atoms with Gasteiger partial charge in [0.1, 0.15) is 11.4 Å². The lowest BCUT2D eigenvalue weighted by atomic mass is 9.87. The van der Waals surface area contributed by atoms with Gasteiger partial charge < -0.3 is 14.4 Å². The summed E-state index contributed by atoms with van der Waals surface area (Å²) in [5, 5.41) is 0.647. The highest BCUT2D eigenvalue weighted by Gasteiger charge is 2.40. The standard InChI is InChI=1S/C17H22ClNO3/c1-17(2,3)22-16(20)19-9-11-7-8-21-15-12(13(11)10-19)5-4-6-14(15)18/h4-6,11,13H,7-10H2,1-3H3/t11-,13-/m0/s1. The third-order valence-electron chi connectivity index (χ3n) is 4.22. The lowest BCUT2D eigenvalue weighted by Crippen LogP contribution is -2.35. The minimum Gasteiger partial charge on any atom is -0.492 e. The van der Waals surface area contributed by atoms with Gasteiger partial charge in [-0.05, 0) is 39.2 Å². The van der Waals surface area contributed by atoms with Gasteiger partial charge in [-0.25, -0.2) is 4.79 Å². The van der Waals surface area contributed by atoms with Crippen molar-refractivity contribution in [2.75, 3.05) is 19.7 Å². The van der Waals surface area contributed by atoms with Crippen molar-refractivity contribution in [3.05, 3.63) is 28.8 Å². The fourth-order valence-corrected chi connectivity index (χ4v) is 3.51. The molecule has 1 saturated heterocycles. The highest BCUT2D eigenvalue weighted by Crippen LogP contribution is 2.44. The van der Waals surface area contributed by atoms with E-state index >= 15 is 0 Å². The Balaban J connectivity index is 1.82. The van der Waals surface area contributed by atoms with Crippen molar-refractivity contribution in [2.24, 2.45) is 5.92 Å². The first-order chi connectivity index (χ1) is 10.3. The molecule has 3 rings (SSSR count). The zero-order valence-electron chi connectivity index (χ0n) is 13.3. The molecule has 1 aromatic carbocycles. The summed E-state index contributed by atoms with van der Waals surface area (Å²) in [6.45, 7) is 7.69. The number of para-hydroxylation sites is 1. The summed E-state index contributed by atoms with van der Waals surface area (Å²) < 4.78 is 11.3. The minimum absolute atomic E-state index is 0.231. The first kappa shape index (κ1) is 15.5. The zero-order chi connectivity index (χ0) is 15.9. The summed E-state index contributed by atoms with van der Waals surface area (Å²) in [6, 6.07) is 5.85. The number of fused-ring (bicyclic) bond motifs is 3. The summed E-state index contributed by atoms with van der Waals surface area (Å²) in [5.74, 6) is 1.44. The van der Waals surface area contributed by atoms with Gasteiger partial charge >= 0.3 is 6.09 Å². The molecule has 1 fully saturated rings. The molecule has 120 valence electrons. The van der Waals surface area contributed by atoms with Crippen LogP contribution in [0.3, 0.4) is 0 Å². The molecule has 0 bridgehead atoms. The Hall–Kier alpha value is -1.42. The molecule has 0 N–H and O–H groups in total. The number of rotatable bonds is 0. The lowest BCUT2D eigenvalue weighted by Gasteiger charge is -2.24. The molecular formula is C17H22ClNO3. The Bertz CT molecular complexity index is 582. The average molecular weight is 324 g/mol. The van der Waals surface area contributed by atoms with Gasteiger partial charge in [0.25, 0.3) is 0 Å². The Morgan fingerprint density at radius 1 is 1.36 bits per heavy atom. The van der Waals surface area contributed by atoms with E-state index in [2.05, 4.69) is 6.07 Å². The van der Waals surface area contributed by atoms with E-state index in [1.807, 2.05) is 37.8 Å². The number of hydrogen-bond acceptors (Lipinski definition) is 3. The Labute approximate surface area is 136 Å². The first-order valence-corrected chi connectivity index (χ1v) is 8.12. The number of halogens is 1. The normalized spacial score (nSPS) is 24.1. The van der Waals surface area contributed by atoms with E-state index < -0.39 is 5.60 Å². The predicted octanol–water partition coefficient (Wildman–Crippen LogP) is 4.07. The molecule has 0 radical (unpaired) electrons. The van der Waals surface area contributed by atoms with Crippen molar-refractivity contribution in [1.82, 2.24) is 4.90 Å². The molecule has 0 unspecified atom stereocenters. The van der Waals surface area contributed by atoms with Crippen LogP contribution in [0.1, 0.15) is 38.7 Å². The summed E-state index contributed by atoms with van der Waals surface area (Å²) in [6.07, 6.45) is 0.694. The van der Waals surface area contributed by atoms with Gasteiger partial charge in [0.15, 0.2) is 0 Å². The fourth-order valence-electron chi connectivity index (χ4n) is 3.27. The Morgan fingerprint density at radius 3 is 2.86 bits per heavy atom. The highest BCUT2D eigenvalue weighted by molar-refractivity contribution is 6.32. The molecule has 2 heterocycles. The average Bonchev–Trinajstić information content (AvgIpc) is 2.75. The Morgan fingerprint density at radius 2 is 2.14 bits per heavy atom. The van der Waals surface area contributed by atoms with Gasteiger partial charge in [-0.2, -0.15) is 0 Å². The second-order valence-corrected chi connectivity index (χ2v) is 7.45. The highest BCUT2D eigenvalue weighted by atomic mass is 35.5. The van der Waals surface area contributed by atoms with Crippen LogP contribution in [0, 0.1) is 5.92 Å².